The van der Waals surface area contributed by atoms with Gasteiger partial charge in [0.25, 0.3) is 0 Å². The van der Waals surface area contributed by atoms with Crippen molar-refractivity contribution in [2.75, 3.05) is 0 Å². The monoisotopic (exact) mass is 259 g/mol. The van der Waals surface area contributed by atoms with E-state index in [4.69, 9.17) is 9.40 Å². The molecule has 20 heavy (non-hydrogen) atoms. The molecule has 0 N–H and O–H groups in total. The molecule has 0 spiro atoms. The summed E-state index contributed by atoms with van der Waals surface area (Å²) in [7, 11) is 0. The first-order valence-corrected chi connectivity index (χ1v) is 6.66. The molecule has 0 bridgehead atoms. The van der Waals surface area contributed by atoms with Crippen molar-refractivity contribution in [2.24, 2.45) is 0 Å². The first-order chi connectivity index (χ1) is 9.83. The molecule has 0 aliphatic rings. The fraction of sp³-hybridized carbons (Fsp3) is 0.0556. The van der Waals surface area contributed by atoms with Crippen molar-refractivity contribution in [3.63, 3.8) is 0 Å². The summed E-state index contributed by atoms with van der Waals surface area (Å²) in [6.07, 6.45) is 1.73. The molecule has 0 fully saturated rings. The van der Waals surface area contributed by atoms with E-state index in [9.17, 15) is 0 Å². The molecule has 0 radical (unpaired) electrons. The van der Waals surface area contributed by atoms with Crippen LogP contribution < -0.4 is 0 Å². The molecule has 4 aromatic rings. The Morgan fingerprint density at radius 2 is 1.65 bits per heavy atom. The molecule has 0 saturated heterocycles. The number of hydrogen-bond donors (Lipinski definition) is 0. The first-order valence-electron chi connectivity index (χ1n) is 6.66. The summed E-state index contributed by atoms with van der Waals surface area (Å²) in [4.78, 5) is 4.78. The lowest BCUT2D eigenvalue weighted by Gasteiger charge is -2.06. The summed E-state index contributed by atoms with van der Waals surface area (Å²) in [5, 5.41) is 2.25. The number of fused-ring (bicyclic) bond motifs is 3. The van der Waals surface area contributed by atoms with E-state index >= 15 is 0 Å². The van der Waals surface area contributed by atoms with Crippen LogP contribution in [-0.2, 0) is 0 Å². The third-order valence-corrected chi connectivity index (χ3v) is 3.63. The van der Waals surface area contributed by atoms with E-state index in [1.54, 1.807) is 6.26 Å². The van der Waals surface area contributed by atoms with Gasteiger partial charge in [-0.15, -0.1) is 0 Å². The number of para-hydroxylation sites is 1. The zero-order chi connectivity index (χ0) is 13.5. The van der Waals surface area contributed by atoms with Crippen LogP contribution in [0.25, 0.3) is 33.1 Å². The predicted octanol–water partition coefficient (Wildman–Crippen LogP) is 4.96. The van der Waals surface area contributed by atoms with Gasteiger partial charge in [-0.25, -0.2) is 4.98 Å². The molecular weight excluding hydrogens is 246 g/mol. The maximum Gasteiger partial charge on any atom is 0.160 e. The Bertz CT molecular complexity index is 904. The molecule has 2 aromatic heterocycles. The van der Waals surface area contributed by atoms with Crippen LogP contribution in [0.2, 0.25) is 0 Å². The first kappa shape index (κ1) is 11.2. The molecule has 0 amide bonds. The zero-order valence-corrected chi connectivity index (χ0v) is 11.1. The van der Waals surface area contributed by atoms with Gasteiger partial charge in [0.2, 0.25) is 0 Å². The number of aromatic nitrogens is 1. The third kappa shape index (κ3) is 1.62. The standard InChI is InChI=1S/C18H13NO/c1-12-6-8-13(9-7-12)17-18-15(10-11-20-18)14-4-2-3-5-16(14)19-17/h2-11H,1H3. The van der Waals surface area contributed by atoms with E-state index in [1.807, 2.05) is 24.3 Å². The van der Waals surface area contributed by atoms with Crippen molar-refractivity contribution < 1.29 is 4.42 Å². The minimum Gasteiger partial charge on any atom is -0.462 e. The van der Waals surface area contributed by atoms with Crippen molar-refractivity contribution in [2.45, 2.75) is 6.92 Å². The number of pyridine rings is 1. The molecule has 0 aliphatic heterocycles. The highest BCUT2D eigenvalue weighted by Gasteiger charge is 2.12. The van der Waals surface area contributed by atoms with E-state index in [0.29, 0.717) is 0 Å². The van der Waals surface area contributed by atoms with Crippen molar-refractivity contribution in [1.82, 2.24) is 4.98 Å². The summed E-state index contributed by atoms with van der Waals surface area (Å²) in [5.74, 6) is 0. The van der Waals surface area contributed by atoms with Gasteiger partial charge >= 0.3 is 0 Å². The largest absolute Gasteiger partial charge is 0.462 e. The molecule has 0 atom stereocenters. The van der Waals surface area contributed by atoms with Gasteiger partial charge in [-0.05, 0) is 19.1 Å². The lowest BCUT2D eigenvalue weighted by Crippen LogP contribution is -1.87. The van der Waals surface area contributed by atoms with Crippen LogP contribution >= 0.6 is 0 Å². The van der Waals surface area contributed by atoms with Crippen molar-refractivity contribution >= 4 is 21.9 Å². The van der Waals surface area contributed by atoms with Crippen molar-refractivity contribution in [3.05, 3.63) is 66.4 Å². The van der Waals surface area contributed by atoms with Crippen molar-refractivity contribution in [1.29, 1.82) is 0 Å². The van der Waals surface area contributed by atoms with Gasteiger partial charge in [0.15, 0.2) is 5.58 Å². The third-order valence-electron chi connectivity index (χ3n) is 3.63. The Morgan fingerprint density at radius 1 is 0.850 bits per heavy atom. The van der Waals surface area contributed by atoms with E-state index < -0.39 is 0 Å². The van der Waals surface area contributed by atoms with Gasteiger partial charge in [-0.1, -0.05) is 48.0 Å². The highest BCUT2D eigenvalue weighted by Crippen LogP contribution is 2.32. The Labute approximate surface area is 116 Å². The van der Waals surface area contributed by atoms with E-state index in [1.165, 1.54) is 5.56 Å². The van der Waals surface area contributed by atoms with Crippen LogP contribution in [0, 0.1) is 6.92 Å². The minimum absolute atomic E-state index is 0.854. The molecule has 2 heterocycles. The number of nitrogens with zero attached hydrogens (tertiary/aromatic N) is 1. The van der Waals surface area contributed by atoms with Gasteiger partial charge in [0, 0.05) is 16.3 Å². The fourth-order valence-corrected chi connectivity index (χ4v) is 2.58. The van der Waals surface area contributed by atoms with E-state index in [0.717, 1.165) is 33.1 Å². The lowest BCUT2D eigenvalue weighted by atomic mass is 10.0. The Hall–Kier alpha value is -2.61. The molecule has 96 valence electrons. The summed E-state index contributed by atoms with van der Waals surface area (Å²) in [6.45, 7) is 2.08. The molecule has 0 aliphatic carbocycles. The summed E-state index contributed by atoms with van der Waals surface area (Å²) in [6, 6.07) is 18.6. The summed E-state index contributed by atoms with van der Waals surface area (Å²) < 4.78 is 5.68. The molecular formula is C18H13NO. The molecule has 2 heteroatoms. The van der Waals surface area contributed by atoms with Crippen LogP contribution in [0.4, 0.5) is 0 Å². The van der Waals surface area contributed by atoms with Crippen LogP contribution in [0.1, 0.15) is 5.56 Å². The zero-order valence-electron chi connectivity index (χ0n) is 11.1. The normalized spacial score (nSPS) is 11.2. The highest BCUT2D eigenvalue weighted by molar-refractivity contribution is 6.08. The second-order valence-electron chi connectivity index (χ2n) is 5.01. The van der Waals surface area contributed by atoms with Gasteiger partial charge in [-0.3, -0.25) is 0 Å². The van der Waals surface area contributed by atoms with E-state index in [2.05, 4.69) is 37.3 Å². The number of aryl methyl sites for hydroxylation is 1. The van der Waals surface area contributed by atoms with Gasteiger partial charge in [-0.2, -0.15) is 0 Å². The van der Waals surface area contributed by atoms with Crippen LogP contribution in [0.5, 0.6) is 0 Å². The lowest BCUT2D eigenvalue weighted by molar-refractivity contribution is 0.616. The summed E-state index contributed by atoms with van der Waals surface area (Å²) >= 11 is 0. The average Bonchev–Trinajstić information content (AvgIpc) is 2.97. The highest BCUT2D eigenvalue weighted by atomic mass is 16.3. The van der Waals surface area contributed by atoms with Gasteiger partial charge < -0.3 is 4.42 Å². The number of hydrogen-bond acceptors (Lipinski definition) is 2. The second kappa shape index (κ2) is 4.20. The maximum absolute atomic E-state index is 5.68. The molecule has 0 unspecified atom stereocenters. The van der Waals surface area contributed by atoms with Crippen LogP contribution in [-0.4, -0.2) is 4.98 Å². The maximum atomic E-state index is 5.68. The smallest absolute Gasteiger partial charge is 0.160 e. The van der Waals surface area contributed by atoms with E-state index in [-0.39, 0.29) is 0 Å². The Kier molecular flexibility index (Phi) is 2.36. The average molecular weight is 259 g/mol. The quantitative estimate of drug-likeness (QED) is 0.483. The van der Waals surface area contributed by atoms with Gasteiger partial charge in [0.05, 0.1) is 11.8 Å². The topological polar surface area (TPSA) is 26.0 Å². The van der Waals surface area contributed by atoms with Crippen molar-refractivity contribution in [3.8, 4) is 11.3 Å². The molecule has 2 nitrogen and oxygen atoms in total. The Balaban J connectivity index is 2.11. The molecule has 0 saturated carbocycles. The fourth-order valence-electron chi connectivity index (χ4n) is 2.58. The minimum atomic E-state index is 0.854. The number of furan rings is 1. The Morgan fingerprint density at radius 3 is 2.50 bits per heavy atom. The SMILES string of the molecule is Cc1ccc(-c2nc3ccccc3c3ccoc23)cc1. The van der Waals surface area contributed by atoms with Gasteiger partial charge in [0.1, 0.15) is 5.69 Å². The number of rotatable bonds is 1. The number of benzene rings is 2. The van der Waals surface area contributed by atoms with Crippen LogP contribution in [0.3, 0.4) is 0 Å². The second-order valence-corrected chi connectivity index (χ2v) is 5.01. The van der Waals surface area contributed by atoms with Crippen LogP contribution in [0.15, 0.2) is 65.3 Å². The predicted molar refractivity (Wildman–Crippen MR) is 81.7 cm³/mol. The summed E-state index contributed by atoms with van der Waals surface area (Å²) in [5.41, 5.74) is 5.08. The molecule has 4 rings (SSSR count). The molecule has 2 aromatic carbocycles.